The number of ether oxygens (including phenoxy) is 2. The molecule has 0 fully saturated rings. The number of carbonyl (C=O) groups is 1. The van der Waals surface area contributed by atoms with E-state index >= 15 is 0 Å². The van der Waals surface area contributed by atoms with E-state index in [1.807, 2.05) is 36.4 Å². The van der Waals surface area contributed by atoms with Crippen molar-refractivity contribution in [3.05, 3.63) is 106 Å². The lowest BCUT2D eigenvalue weighted by molar-refractivity contribution is -0.139. The van der Waals surface area contributed by atoms with Crippen LogP contribution in [0.4, 0.5) is 0 Å². The van der Waals surface area contributed by atoms with Crippen LogP contribution in [0.5, 0.6) is 5.75 Å². The van der Waals surface area contributed by atoms with Crippen LogP contribution >= 0.6 is 38.9 Å². The van der Waals surface area contributed by atoms with Crippen LogP contribution in [0, 0.1) is 0 Å². The lowest BCUT2D eigenvalue weighted by Crippen LogP contribution is -2.39. The molecule has 0 radical (unpaired) electrons. The summed E-state index contributed by atoms with van der Waals surface area (Å²) in [6.45, 7) is 3.69. The molecule has 1 atom stereocenters. The molecule has 5 rings (SSSR count). The second kappa shape index (κ2) is 10.8. The fourth-order valence-electron chi connectivity index (χ4n) is 4.28. The van der Waals surface area contributed by atoms with Crippen LogP contribution in [0.15, 0.2) is 84.5 Å². The van der Waals surface area contributed by atoms with Crippen LogP contribution in [-0.4, -0.2) is 24.3 Å². The Hall–Kier alpha value is -3.40. The molecule has 2 aromatic heterocycles. The quantitative estimate of drug-likeness (QED) is 0.269. The summed E-state index contributed by atoms with van der Waals surface area (Å²) in [4.78, 5) is 31.9. The lowest BCUT2D eigenvalue weighted by Gasteiger charge is -2.24. The van der Waals surface area contributed by atoms with Crippen molar-refractivity contribution in [2.75, 3.05) is 13.7 Å². The predicted octanol–water partition coefficient (Wildman–Crippen LogP) is 5.48. The van der Waals surface area contributed by atoms with Crippen LogP contribution < -0.4 is 19.6 Å². The second-order valence-electron chi connectivity index (χ2n) is 8.41. The molecule has 0 saturated carbocycles. The van der Waals surface area contributed by atoms with E-state index in [-0.39, 0.29) is 12.2 Å². The van der Waals surface area contributed by atoms with Gasteiger partial charge in [0.25, 0.3) is 5.56 Å². The minimum Gasteiger partial charge on any atom is -0.497 e. The van der Waals surface area contributed by atoms with E-state index in [0.717, 1.165) is 10.0 Å². The van der Waals surface area contributed by atoms with Crippen LogP contribution in [0.1, 0.15) is 31.2 Å². The number of hydrogen-bond donors (Lipinski definition) is 0. The van der Waals surface area contributed by atoms with Gasteiger partial charge in [-0.25, -0.2) is 9.79 Å². The Labute approximate surface area is 235 Å². The summed E-state index contributed by atoms with van der Waals surface area (Å²) in [6, 6.07) is 15.7. The van der Waals surface area contributed by atoms with Crippen molar-refractivity contribution in [2.45, 2.75) is 19.9 Å². The zero-order valence-corrected chi connectivity index (χ0v) is 23.8. The van der Waals surface area contributed by atoms with Crippen molar-refractivity contribution >= 4 is 50.9 Å². The number of rotatable bonds is 6. The van der Waals surface area contributed by atoms with Gasteiger partial charge in [-0.2, -0.15) is 0 Å². The molecule has 1 aliphatic heterocycles. The summed E-state index contributed by atoms with van der Waals surface area (Å²) in [5.74, 6) is 1.22. The molecule has 3 heterocycles. The number of furan rings is 1. The maximum absolute atomic E-state index is 13.8. The largest absolute Gasteiger partial charge is 0.497 e. The molecule has 4 aromatic rings. The third kappa shape index (κ3) is 4.89. The topological polar surface area (TPSA) is 83.0 Å². The summed E-state index contributed by atoms with van der Waals surface area (Å²) in [5.41, 5.74) is 2.04. The molecule has 0 spiro atoms. The van der Waals surface area contributed by atoms with Gasteiger partial charge in [-0.05, 0) is 71.7 Å². The summed E-state index contributed by atoms with van der Waals surface area (Å²) < 4.78 is 19.5. The first-order valence-electron chi connectivity index (χ1n) is 11.7. The van der Waals surface area contributed by atoms with Gasteiger partial charge in [-0.1, -0.05) is 41.1 Å². The number of hydrogen-bond acceptors (Lipinski definition) is 7. The predicted molar refractivity (Wildman–Crippen MR) is 150 cm³/mol. The Bertz CT molecular complexity index is 1770. The first-order valence-corrected chi connectivity index (χ1v) is 13.7. The van der Waals surface area contributed by atoms with Crippen LogP contribution in [0.3, 0.4) is 0 Å². The van der Waals surface area contributed by atoms with Crippen molar-refractivity contribution in [1.82, 2.24) is 4.57 Å². The van der Waals surface area contributed by atoms with Crippen molar-refractivity contribution in [1.29, 1.82) is 0 Å². The fourth-order valence-corrected chi connectivity index (χ4v) is 5.74. The number of nitrogens with zero attached hydrogens (tertiary/aromatic N) is 2. The lowest BCUT2D eigenvalue weighted by atomic mass is 9.95. The zero-order valence-electron chi connectivity index (χ0n) is 20.7. The number of methoxy groups -OCH3 is 1. The average molecular weight is 614 g/mol. The molecule has 2 aromatic carbocycles. The van der Waals surface area contributed by atoms with Gasteiger partial charge in [0.05, 0.1) is 40.6 Å². The van der Waals surface area contributed by atoms with Crippen LogP contribution in [0.2, 0.25) is 5.02 Å². The third-order valence-corrected chi connectivity index (χ3v) is 8.25. The van der Waals surface area contributed by atoms with Gasteiger partial charge in [0.2, 0.25) is 0 Å². The van der Waals surface area contributed by atoms with Gasteiger partial charge in [-0.3, -0.25) is 9.36 Å². The molecule has 10 heteroatoms. The molecular weight excluding hydrogens is 592 g/mol. The van der Waals surface area contributed by atoms with Crippen molar-refractivity contribution < 1.29 is 18.7 Å². The number of aromatic nitrogens is 1. The summed E-state index contributed by atoms with van der Waals surface area (Å²) >= 11 is 10.9. The molecule has 0 unspecified atom stereocenters. The van der Waals surface area contributed by atoms with Gasteiger partial charge in [0.15, 0.2) is 4.80 Å². The molecule has 0 bridgehead atoms. The van der Waals surface area contributed by atoms with E-state index in [2.05, 4.69) is 20.9 Å². The number of halogens is 2. The molecule has 194 valence electrons. The third-order valence-electron chi connectivity index (χ3n) is 6.03. The summed E-state index contributed by atoms with van der Waals surface area (Å²) in [6.07, 6.45) is 1.68. The number of esters is 1. The minimum atomic E-state index is -0.723. The van der Waals surface area contributed by atoms with Gasteiger partial charge in [0.1, 0.15) is 17.3 Å². The number of carbonyl (C=O) groups excluding carboxylic acids is 1. The standard InChI is InChI=1S/C28H22BrClN2O5S/c1-4-36-27(34)24-15(2)31-28-32(25(24)17-6-5-7-18(12-17)35-3)26(33)23(38-28)14-19-9-11-22(37-19)16-8-10-20(29)21(30)13-16/h5-14,25H,4H2,1-3H3/b23-14-/t25-/m1/s1. The van der Waals surface area contributed by atoms with E-state index in [1.165, 1.54) is 15.9 Å². The monoisotopic (exact) mass is 612 g/mol. The highest BCUT2D eigenvalue weighted by Crippen LogP contribution is 2.33. The van der Waals surface area contributed by atoms with Gasteiger partial charge in [-0.15, -0.1) is 0 Å². The van der Waals surface area contributed by atoms with Crippen LogP contribution in [-0.2, 0) is 9.53 Å². The Morgan fingerprint density at radius 3 is 2.79 bits per heavy atom. The highest BCUT2D eigenvalue weighted by Gasteiger charge is 2.33. The van der Waals surface area contributed by atoms with E-state index < -0.39 is 12.0 Å². The molecule has 0 amide bonds. The smallest absolute Gasteiger partial charge is 0.338 e. The van der Waals surface area contributed by atoms with E-state index in [1.54, 1.807) is 45.2 Å². The van der Waals surface area contributed by atoms with Gasteiger partial charge in [0, 0.05) is 16.1 Å². The summed E-state index contributed by atoms with van der Waals surface area (Å²) in [5, 5.41) is 0.569. The average Bonchev–Trinajstić information content (AvgIpc) is 3.49. The number of fused-ring (bicyclic) bond motifs is 1. The fraction of sp³-hybridized carbons (Fsp3) is 0.179. The maximum Gasteiger partial charge on any atom is 0.338 e. The molecule has 7 nitrogen and oxygen atoms in total. The Morgan fingerprint density at radius 2 is 2.05 bits per heavy atom. The SMILES string of the molecule is CCOC(=O)C1=C(C)N=c2s/c(=C\c3ccc(-c4ccc(Br)c(Cl)c4)o3)c(=O)n2[C@@H]1c1cccc(OC)c1. The van der Waals surface area contributed by atoms with E-state index in [0.29, 0.717) is 48.5 Å². The van der Waals surface area contributed by atoms with Gasteiger partial charge < -0.3 is 13.9 Å². The molecule has 0 saturated heterocycles. The number of thiazole rings is 1. The molecule has 38 heavy (non-hydrogen) atoms. The molecule has 0 N–H and O–H groups in total. The number of allylic oxidation sites excluding steroid dienone is 1. The highest BCUT2D eigenvalue weighted by atomic mass is 79.9. The van der Waals surface area contributed by atoms with E-state index in [9.17, 15) is 9.59 Å². The first kappa shape index (κ1) is 26.2. The molecule has 1 aliphatic rings. The Balaban J connectivity index is 1.64. The highest BCUT2D eigenvalue weighted by molar-refractivity contribution is 9.10. The van der Waals surface area contributed by atoms with E-state index in [4.69, 9.17) is 25.5 Å². The minimum absolute atomic E-state index is 0.204. The van der Waals surface area contributed by atoms with Crippen LogP contribution in [0.25, 0.3) is 17.4 Å². The summed E-state index contributed by atoms with van der Waals surface area (Å²) in [7, 11) is 1.57. The van der Waals surface area contributed by atoms with Crippen molar-refractivity contribution in [3.63, 3.8) is 0 Å². The number of benzene rings is 2. The molecular formula is C28H22BrClN2O5S. The second-order valence-corrected chi connectivity index (χ2v) is 10.7. The molecule has 0 aliphatic carbocycles. The van der Waals surface area contributed by atoms with Crippen molar-refractivity contribution in [3.8, 4) is 17.1 Å². The van der Waals surface area contributed by atoms with Crippen molar-refractivity contribution in [2.24, 2.45) is 4.99 Å². The Morgan fingerprint density at radius 1 is 1.24 bits per heavy atom. The maximum atomic E-state index is 13.8. The normalized spacial score (nSPS) is 15.3. The van der Waals surface area contributed by atoms with Gasteiger partial charge >= 0.3 is 5.97 Å². The zero-order chi connectivity index (χ0) is 27.0. The first-order chi connectivity index (χ1) is 18.3. The Kier molecular flexibility index (Phi) is 7.43.